The minimum atomic E-state index is -0.556. The van der Waals surface area contributed by atoms with E-state index in [-0.39, 0.29) is 0 Å². The first-order chi connectivity index (χ1) is 26.3. The molecule has 0 N–H and O–H groups in total. The van der Waals surface area contributed by atoms with Crippen LogP contribution in [0, 0.1) is 0 Å². The Morgan fingerprint density at radius 3 is 1.55 bits per heavy atom. The lowest BCUT2D eigenvalue weighted by molar-refractivity contribution is 0.802. The van der Waals surface area contributed by atoms with Crippen molar-refractivity contribution in [2.75, 3.05) is 0 Å². The Labute approximate surface area is 306 Å². The van der Waals surface area contributed by atoms with Crippen molar-refractivity contribution in [3.63, 3.8) is 0 Å². The van der Waals surface area contributed by atoms with Crippen LogP contribution in [0.4, 0.5) is 0 Å². The van der Waals surface area contributed by atoms with Gasteiger partial charge in [-0.15, -0.1) is 0 Å². The van der Waals surface area contributed by atoms with E-state index in [2.05, 4.69) is 182 Å². The van der Waals surface area contributed by atoms with Gasteiger partial charge >= 0.3 is 0 Å². The first-order valence-corrected chi connectivity index (χ1v) is 18.3. The molecule has 10 aromatic rings. The Morgan fingerprint density at radius 1 is 0.340 bits per heavy atom. The number of para-hydroxylation sites is 1. The third kappa shape index (κ3) is 3.67. The summed E-state index contributed by atoms with van der Waals surface area (Å²) >= 11 is 0. The molecule has 0 radical (unpaired) electrons. The van der Waals surface area contributed by atoms with Crippen LogP contribution in [-0.4, -0.2) is 9.97 Å². The van der Waals surface area contributed by atoms with Gasteiger partial charge in [-0.3, -0.25) is 0 Å². The second kappa shape index (κ2) is 10.6. The summed E-state index contributed by atoms with van der Waals surface area (Å²) in [6, 6.07) is 66.5. The van der Waals surface area contributed by atoms with Gasteiger partial charge in [0, 0.05) is 16.5 Å². The molecule has 53 heavy (non-hydrogen) atoms. The maximum Gasteiger partial charge on any atom is 0.161 e. The molecule has 2 nitrogen and oxygen atoms in total. The van der Waals surface area contributed by atoms with Crippen LogP contribution in [0.2, 0.25) is 0 Å². The molecule has 0 amide bonds. The molecule has 0 bridgehead atoms. The maximum absolute atomic E-state index is 5.46. The third-order valence-electron chi connectivity index (χ3n) is 11.9. The Kier molecular flexibility index (Phi) is 5.73. The van der Waals surface area contributed by atoms with Gasteiger partial charge in [0.2, 0.25) is 0 Å². The molecule has 0 saturated carbocycles. The molecule has 1 heterocycles. The minimum Gasteiger partial charge on any atom is -0.228 e. The lowest BCUT2D eigenvalue weighted by atomic mass is 9.68. The zero-order chi connectivity index (χ0) is 34.7. The smallest absolute Gasteiger partial charge is 0.161 e. The van der Waals surface area contributed by atoms with Crippen molar-refractivity contribution in [1.82, 2.24) is 9.97 Å². The number of hydrogen-bond donors (Lipinski definition) is 0. The summed E-state index contributed by atoms with van der Waals surface area (Å²) in [5, 5.41) is 8.57. The molecule has 0 aliphatic heterocycles. The number of fused-ring (bicyclic) bond motifs is 18. The van der Waals surface area contributed by atoms with E-state index in [1.165, 1.54) is 71.4 Å². The monoisotopic (exact) mass is 670 g/mol. The zero-order valence-electron chi connectivity index (χ0n) is 28.7. The van der Waals surface area contributed by atoms with Crippen molar-refractivity contribution in [3.05, 3.63) is 204 Å². The van der Waals surface area contributed by atoms with Crippen LogP contribution in [0.25, 0.3) is 88.1 Å². The Hall–Kier alpha value is -6.90. The van der Waals surface area contributed by atoms with Crippen molar-refractivity contribution in [2.24, 2.45) is 0 Å². The number of benzene rings is 9. The highest BCUT2D eigenvalue weighted by Crippen LogP contribution is 2.66. The Morgan fingerprint density at radius 2 is 0.849 bits per heavy atom. The van der Waals surface area contributed by atoms with Gasteiger partial charge in [-0.05, 0) is 89.0 Å². The Balaban J connectivity index is 1.31. The van der Waals surface area contributed by atoms with Crippen molar-refractivity contribution >= 4 is 43.2 Å². The first-order valence-electron chi connectivity index (χ1n) is 18.3. The highest BCUT2D eigenvalue weighted by molar-refractivity contribution is 6.24. The fourth-order valence-electron chi connectivity index (χ4n) is 9.86. The summed E-state index contributed by atoms with van der Waals surface area (Å²) in [6.45, 7) is 0. The van der Waals surface area contributed by atoms with E-state index in [1.54, 1.807) is 0 Å². The summed E-state index contributed by atoms with van der Waals surface area (Å²) in [5.74, 6) is 0.738. The Bertz CT molecular complexity index is 3130. The SMILES string of the molecule is c1ccc(-c2nc(-c3cc4c(c5ccccc35)-c3c(c5ccccc5c5ccccc35)C43c4ccccc4-c4ccccc43)nc3ccccc23)cc1. The first kappa shape index (κ1) is 28.8. The fourth-order valence-corrected chi connectivity index (χ4v) is 9.86. The van der Waals surface area contributed by atoms with Gasteiger partial charge in [0.15, 0.2) is 5.82 Å². The van der Waals surface area contributed by atoms with Gasteiger partial charge in [-0.2, -0.15) is 0 Å². The van der Waals surface area contributed by atoms with Crippen molar-refractivity contribution in [3.8, 4) is 44.9 Å². The second-order valence-electron chi connectivity index (χ2n) is 14.4. The highest BCUT2D eigenvalue weighted by atomic mass is 14.9. The topological polar surface area (TPSA) is 25.8 Å². The van der Waals surface area contributed by atoms with E-state index in [1.807, 2.05) is 0 Å². The molecule has 244 valence electrons. The number of nitrogens with zero attached hydrogens (tertiary/aromatic N) is 2. The van der Waals surface area contributed by atoms with Crippen LogP contribution in [0.3, 0.4) is 0 Å². The molecule has 0 saturated heterocycles. The van der Waals surface area contributed by atoms with Gasteiger partial charge in [-0.25, -0.2) is 9.97 Å². The summed E-state index contributed by atoms with van der Waals surface area (Å²) < 4.78 is 0. The van der Waals surface area contributed by atoms with Gasteiger partial charge in [-0.1, -0.05) is 170 Å². The van der Waals surface area contributed by atoms with Gasteiger partial charge in [0.05, 0.1) is 16.6 Å². The van der Waals surface area contributed by atoms with Crippen molar-refractivity contribution in [1.29, 1.82) is 0 Å². The zero-order valence-corrected chi connectivity index (χ0v) is 28.7. The molecule has 1 aromatic heterocycles. The lowest BCUT2D eigenvalue weighted by Crippen LogP contribution is -2.26. The fraction of sp³-hybridized carbons (Fsp3) is 0.0196. The van der Waals surface area contributed by atoms with E-state index < -0.39 is 5.41 Å². The molecule has 1 spiro atoms. The summed E-state index contributed by atoms with van der Waals surface area (Å²) in [7, 11) is 0. The standard InChI is InChI=1S/C51H30N2/c1-2-16-31(17-3-1)49-40-26-12-15-29-45(40)52-50(53-49)41-30-44-46(37-23-7-5-20-34(37)41)47-38-24-8-4-18-32(38)33-19-6-9-25-39(33)48(47)51(44)42-27-13-10-21-35(42)36-22-11-14-28-43(36)51/h1-30H. The molecule has 2 heteroatoms. The number of aromatic nitrogens is 2. The van der Waals surface area contributed by atoms with Crippen LogP contribution in [0.15, 0.2) is 182 Å². The van der Waals surface area contributed by atoms with Gasteiger partial charge < -0.3 is 0 Å². The van der Waals surface area contributed by atoms with E-state index in [0.29, 0.717) is 0 Å². The normalized spacial score (nSPS) is 13.4. The van der Waals surface area contributed by atoms with Gasteiger partial charge in [0.1, 0.15) is 0 Å². The maximum atomic E-state index is 5.46. The predicted octanol–water partition coefficient (Wildman–Crippen LogP) is 12.8. The van der Waals surface area contributed by atoms with E-state index in [4.69, 9.17) is 9.97 Å². The highest BCUT2D eigenvalue weighted by Gasteiger charge is 2.53. The van der Waals surface area contributed by atoms with Crippen LogP contribution in [0.5, 0.6) is 0 Å². The molecule has 12 rings (SSSR count). The molecule has 2 aliphatic rings. The van der Waals surface area contributed by atoms with E-state index in [9.17, 15) is 0 Å². The molecule has 0 atom stereocenters. The van der Waals surface area contributed by atoms with Gasteiger partial charge in [0.25, 0.3) is 0 Å². The average molecular weight is 671 g/mol. The largest absolute Gasteiger partial charge is 0.228 e. The third-order valence-corrected chi connectivity index (χ3v) is 11.9. The molecule has 2 aliphatic carbocycles. The predicted molar refractivity (Wildman–Crippen MR) is 219 cm³/mol. The molecular formula is C51H30N2. The van der Waals surface area contributed by atoms with E-state index >= 15 is 0 Å². The molecule has 0 fully saturated rings. The van der Waals surface area contributed by atoms with Crippen molar-refractivity contribution < 1.29 is 0 Å². The average Bonchev–Trinajstić information content (AvgIpc) is 3.71. The summed E-state index contributed by atoms with van der Waals surface area (Å²) in [4.78, 5) is 10.8. The van der Waals surface area contributed by atoms with E-state index in [0.717, 1.165) is 38.9 Å². The van der Waals surface area contributed by atoms with Crippen LogP contribution in [0.1, 0.15) is 22.3 Å². The molecular weight excluding hydrogens is 641 g/mol. The van der Waals surface area contributed by atoms with Crippen LogP contribution >= 0.6 is 0 Å². The number of hydrogen-bond acceptors (Lipinski definition) is 2. The summed E-state index contributed by atoms with van der Waals surface area (Å²) in [6.07, 6.45) is 0. The molecule has 0 unspecified atom stereocenters. The number of rotatable bonds is 2. The van der Waals surface area contributed by atoms with Crippen LogP contribution < -0.4 is 0 Å². The molecule has 9 aromatic carbocycles. The lowest BCUT2D eigenvalue weighted by Gasteiger charge is -2.32. The van der Waals surface area contributed by atoms with Crippen LogP contribution in [-0.2, 0) is 5.41 Å². The minimum absolute atomic E-state index is 0.556. The quantitative estimate of drug-likeness (QED) is 0.171. The summed E-state index contributed by atoms with van der Waals surface area (Å²) in [5.41, 5.74) is 14.0. The second-order valence-corrected chi connectivity index (χ2v) is 14.4. The van der Waals surface area contributed by atoms with Crippen molar-refractivity contribution in [2.45, 2.75) is 5.41 Å².